The monoisotopic (exact) mass is 254 g/mol. The second-order valence-electron chi connectivity index (χ2n) is 4.16. The van der Waals surface area contributed by atoms with Crippen LogP contribution < -0.4 is 5.43 Å². The normalized spacial score (nSPS) is 10.6. The molecule has 4 heteroatoms. The van der Waals surface area contributed by atoms with Crippen molar-refractivity contribution in [3.63, 3.8) is 0 Å². The van der Waals surface area contributed by atoms with Gasteiger partial charge in [-0.25, -0.2) is 5.43 Å². The number of nitrogens with zero attached hydrogens (tertiary/aromatic N) is 1. The molecule has 0 heterocycles. The number of carbonyl (C=O) groups excluding carboxylic acids is 1. The molecule has 0 spiro atoms. The van der Waals surface area contributed by atoms with Gasteiger partial charge in [-0.15, -0.1) is 0 Å². The molecular weight excluding hydrogens is 240 g/mol. The number of amides is 1. The van der Waals surface area contributed by atoms with E-state index >= 15 is 0 Å². The van der Waals surface area contributed by atoms with Gasteiger partial charge in [-0.2, -0.15) is 5.10 Å². The lowest BCUT2D eigenvalue weighted by molar-refractivity contribution is 0.0954. The molecule has 2 rings (SSSR count). The van der Waals surface area contributed by atoms with E-state index in [0.717, 1.165) is 5.56 Å². The van der Waals surface area contributed by atoms with Crippen LogP contribution in [0.15, 0.2) is 53.6 Å². The van der Waals surface area contributed by atoms with Crippen LogP contribution >= 0.6 is 0 Å². The fourth-order valence-corrected chi connectivity index (χ4v) is 1.53. The van der Waals surface area contributed by atoms with Crippen molar-refractivity contribution in [1.29, 1.82) is 0 Å². The molecule has 2 aromatic carbocycles. The standard InChI is InChI=1S/C15H14N2O2/c1-11-5-7-12(8-6-11)10-16-17-15(19)13-3-2-4-14(18)9-13/h2-10,18H,1H3,(H,17,19). The largest absolute Gasteiger partial charge is 0.508 e. The van der Waals surface area contributed by atoms with Crippen LogP contribution in [0.5, 0.6) is 5.75 Å². The van der Waals surface area contributed by atoms with Crippen LogP contribution in [0.4, 0.5) is 0 Å². The van der Waals surface area contributed by atoms with E-state index < -0.39 is 0 Å². The van der Waals surface area contributed by atoms with Crippen molar-refractivity contribution in [3.8, 4) is 5.75 Å². The van der Waals surface area contributed by atoms with E-state index in [4.69, 9.17) is 0 Å². The first kappa shape index (κ1) is 12.8. The number of phenols is 1. The highest BCUT2D eigenvalue weighted by Crippen LogP contribution is 2.10. The van der Waals surface area contributed by atoms with E-state index in [2.05, 4.69) is 10.5 Å². The Bertz CT molecular complexity index is 604. The minimum Gasteiger partial charge on any atom is -0.508 e. The zero-order valence-corrected chi connectivity index (χ0v) is 10.5. The maximum Gasteiger partial charge on any atom is 0.271 e. The molecule has 0 fully saturated rings. The van der Waals surface area contributed by atoms with E-state index in [1.807, 2.05) is 31.2 Å². The summed E-state index contributed by atoms with van der Waals surface area (Å²) < 4.78 is 0. The smallest absolute Gasteiger partial charge is 0.271 e. The first-order chi connectivity index (χ1) is 9.15. The van der Waals surface area contributed by atoms with Gasteiger partial charge < -0.3 is 5.11 Å². The Hall–Kier alpha value is -2.62. The van der Waals surface area contributed by atoms with Gasteiger partial charge in [0.15, 0.2) is 0 Å². The molecule has 0 saturated heterocycles. The molecule has 0 aliphatic rings. The van der Waals surface area contributed by atoms with Crippen LogP contribution in [0.1, 0.15) is 21.5 Å². The molecular formula is C15H14N2O2. The third-order valence-electron chi connectivity index (χ3n) is 2.57. The van der Waals surface area contributed by atoms with Gasteiger partial charge in [-0.05, 0) is 30.7 Å². The highest BCUT2D eigenvalue weighted by molar-refractivity contribution is 5.95. The Labute approximate surface area is 111 Å². The predicted octanol–water partition coefficient (Wildman–Crippen LogP) is 2.46. The topological polar surface area (TPSA) is 61.7 Å². The van der Waals surface area contributed by atoms with E-state index in [-0.39, 0.29) is 11.7 Å². The average Bonchev–Trinajstić information content (AvgIpc) is 2.41. The molecule has 2 N–H and O–H groups in total. The summed E-state index contributed by atoms with van der Waals surface area (Å²) in [5.74, 6) is -0.311. The summed E-state index contributed by atoms with van der Waals surface area (Å²) in [6.45, 7) is 2.00. The van der Waals surface area contributed by atoms with Gasteiger partial charge in [0.05, 0.1) is 6.21 Å². The first-order valence-electron chi connectivity index (χ1n) is 5.84. The summed E-state index contributed by atoms with van der Waals surface area (Å²) in [4.78, 5) is 11.7. The Morgan fingerprint density at radius 3 is 2.63 bits per heavy atom. The zero-order valence-electron chi connectivity index (χ0n) is 10.5. The average molecular weight is 254 g/mol. The molecule has 0 aliphatic carbocycles. The number of benzene rings is 2. The van der Waals surface area contributed by atoms with Crippen molar-refractivity contribution in [2.24, 2.45) is 5.10 Å². The quantitative estimate of drug-likeness (QED) is 0.653. The molecule has 96 valence electrons. The van der Waals surface area contributed by atoms with Crippen LogP contribution in [-0.2, 0) is 0 Å². The van der Waals surface area contributed by atoms with Crippen molar-refractivity contribution >= 4 is 12.1 Å². The number of aryl methyl sites for hydroxylation is 1. The summed E-state index contributed by atoms with van der Waals surface area (Å²) in [5.41, 5.74) is 4.84. The van der Waals surface area contributed by atoms with Crippen LogP contribution in [0, 0.1) is 6.92 Å². The number of carbonyl (C=O) groups is 1. The third-order valence-corrected chi connectivity index (χ3v) is 2.57. The van der Waals surface area contributed by atoms with Gasteiger partial charge in [0.1, 0.15) is 5.75 Å². The van der Waals surface area contributed by atoms with Gasteiger partial charge >= 0.3 is 0 Å². The zero-order chi connectivity index (χ0) is 13.7. The van der Waals surface area contributed by atoms with Gasteiger partial charge in [0.25, 0.3) is 5.91 Å². The molecule has 0 aliphatic heterocycles. The Balaban J connectivity index is 1.98. The second kappa shape index (κ2) is 5.82. The number of hydrogen-bond acceptors (Lipinski definition) is 3. The first-order valence-corrected chi connectivity index (χ1v) is 5.84. The van der Waals surface area contributed by atoms with E-state index in [0.29, 0.717) is 5.56 Å². The van der Waals surface area contributed by atoms with Gasteiger partial charge in [0.2, 0.25) is 0 Å². The SMILES string of the molecule is Cc1ccc(C=NNC(=O)c2cccc(O)c2)cc1. The maximum atomic E-state index is 11.7. The highest BCUT2D eigenvalue weighted by Gasteiger charge is 2.03. The van der Waals surface area contributed by atoms with Crippen LogP contribution in [0.2, 0.25) is 0 Å². The van der Waals surface area contributed by atoms with Crippen LogP contribution in [0.3, 0.4) is 0 Å². The fourth-order valence-electron chi connectivity index (χ4n) is 1.53. The summed E-state index contributed by atoms with van der Waals surface area (Å²) in [5, 5.41) is 13.1. The highest BCUT2D eigenvalue weighted by atomic mass is 16.3. The third kappa shape index (κ3) is 3.67. The molecule has 4 nitrogen and oxygen atoms in total. The fraction of sp³-hybridized carbons (Fsp3) is 0.0667. The van der Waals surface area contributed by atoms with Crippen molar-refractivity contribution in [2.45, 2.75) is 6.92 Å². The lowest BCUT2D eigenvalue weighted by atomic mass is 10.2. The van der Waals surface area contributed by atoms with Crippen LogP contribution in [-0.4, -0.2) is 17.2 Å². The summed E-state index contributed by atoms with van der Waals surface area (Å²) >= 11 is 0. The van der Waals surface area contributed by atoms with E-state index in [1.54, 1.807) is 18.3 Å². The molecule has 0 bridgehead atoms. The molecule has 2 aromatic rings. The van der Waals surface area contributed by atoms with Crippen LogP contribution in [0.25, 0.3) is 0 Å². The molecule has 19 heavy (non-hydrogen) atoms. The number of phenolic OH excluding ortho intramolecular Hbond substituents is 1. The van der Waals surface area contributed by atoms with E-state index in [1.165, 1.54) is 17.7 Å². The minimum absolute atomic E-state index is 0.0511. The summed E-state index contributed by atoms with van der Waals surface area (Å²) in [7, 11) is 0. The molecule has 1 amide bonds. The lowest BCUT2D eigenvalue weighted by Gasteiger charge is -2.00. The maximum absolute atomic E-state index is 11.7. The molecule has 0 aromatic heterocycles. The van der Waals surface area contributed by atoms with Gasteiger partial charge in [0, 0.05) is 5.56 Å². The Morgan fingerprint density at radius 2 is 1.95 bits per heavy atom. The Kier molecular flexibility index (Phi) is 3.93. The predicted molar refractivity (Wildman–Crippen MR) is 74.3 cm³/mol. The molecule has 0 saturated carbocycles. The van der Waals surface area contributed by atoms with Crippen molar-refractivity contribution in [3.05, 3.63) is 65.2 Å². The minimum atomic E-state index is -0.362. The molecule has 0 atom stereocenters. The van der Waals surface area contributed by atoms with Crippen molar-refractivity contribution in [1.82, 2.24) is 5.43 Å². The Morgan fingerprint density at radius 1 is 1.21 bits per heavy atom. The number of hydrazone groups is 1. The van der Waals surface area contributed by atoms with Crippen molar-refractivity contribution < 1.29 is 9.90 Å². The number of nitrogens with one attached hydrogen (secondary N) is 1. The summed E-state index contributed by atoms with van der Waals surface area (Å²) in [6.07, 6.45) is 1.57. The number of rotatable bonds is 3. The van der Waals surface area contributed by atoms with Crippen molar-refractivity contribution in [2.75, 3.05) is 0 Å². The summed E-state index contributed by atoms with van der Waals surface area (Å²) in [6, 6.07) is 13.9. The number of aromatic hydroxyl groups is 1. The molecule has 0 unspecified atom stereocenters. The lowest BCUT2D eigenvalue weighted by Crippen LogP contribution is -2.17. The van der Waals surface area contributed by atoms with Gasteiger partial charge in [-0.3, -0.25) is 4.79 Å². The second-order valence-corrected chi connectivity index (χ2v) is 4.16. The molecule has 0 radical (unpaired) electrons. The van der Waals surface area contributed by atoms with Gasteiger partial charge in [-0.1, -0.05) is 35.9 Å². The van der Waals surface area contributed by atoms with E-state index in [9.17, 15) is 9.90 Å². The number of hydrogen-bond donors (Lipinski definition) is 2.